The smallest absolute Gasteiger partial charge is 0.410 e. The number of carbonyl (C=O) groups excluding carboxylic acids is 2. The van der Waals surface area contributed by atoms with Crippen molar-refractivity contribution in [2.75, 3.05) is 26.2 Å². The molecule has 0 aromatic heterocycles. The van der Waals surface area contributed by atoms with Gasteiger partial charge in [-0.25, -0.2) is 4.79 Å². The van der Waals surface area contributed by atoms with Gasteiger partial charge in [0.15, 0.2) is 0 Å². The Kier molecular flexibility index (Phi) is 14.5. The van der Waals surface area contributed by atoms with Gasteiger partial charge in [0.05, 0.1) is 36.4 Å². The molecule has 0 spiro atoms. The molecule has 1 amide bonds. The van der Waals surface area contributed by atoms with E-state index in [0.717, 1.165) is 37.9 Å². The van der Waals surface area contributed by atoms with Gasteiger partial charge in [0.1, 0.15) is 12.2 Å². The third-order valence-corrected chi connectivity index (χ3v) is 10.9. The summed E-state index contributed by atoms with van der Waals surface area (Å²) in [6.45, 7) is 14.9. The van der Waals surface area contributed by atoms with E-state index in [0.29, 0.717) is 44.8 Å². The van der Waals surface area contributed by atoms with Crippen LogP contribution in [0.4, 0.5) is 4.79 Å². The second-order valence-corrected chi connectivity index (χ2v) is 15.2. The molecule has 0 bridgehead atoms. The Bertz CT molecular complexity index is 1210. The third-order valence-electron chi connectivity index (χ3n) is 10.9. The van der Waals surface area contributed by atoms with Crippen LogP contribution in [0.3, 0.4) is 0 Å². The first-order chi connectivity index (χ1) is 23.3. The van der Waals surface area contributed by atoms with Crippen LogP contribution in [-0.4, -0.2) is 112 Å². The van der Waals surface area contributed by atoms with E-state index in [4.69, 9.17) is 14.2 Å². The van der Waals surface area contributed by atoms with E-state index in [1.54, 1.807) is 19.1 Å². The topological polar surface area (TPSA) is 132 Å². The van der Waals surface area contributed by atoms with E-state index in [-0.39, 0.29) is 42.5 Å². The van der Waals surface area contributed by atoms with Gasteiger partial charge in [-0.3, -0.25) is 9.69 Å². The molecule has 276 valence electrons. The summed E-state index contributed by atoms with van der Waals surface area (Å²) in [7, 11) is 0. The molecule has 0 aromatic carbocycles. The summed E-state index contributed by atoms with van der Waals surface area (Å²) in [5, 5.41) is 31.9. The van der Waals surface area contributed by atoms with Gasteiger partial charge in [-0.05, 0) is 69.9 Å². The molecule has 4 heterocycles. The number of likely N-dealkylation sites (tertiary alicyclic amines) is 1. The minimum atomic E-state index is -1.13. The van der Waals surface area contributed by atoms with E-state index >= 15 is 0 Å². The molecule has 10 heteroatoms. The van der Waals surface area contributed by atoms with Gasteiger partial charge in [0.25, 0.3) is 0 Å². The van der Waals surface area contributed by atoms with Gasteiger partial charge < -0.3 is 34.4 Å². The van der Waals surface area contributed by atoms with Crippen molar-refractivity contribution in [2.24, 2.45) is 17.8 Å². The molecule has 10 nitrogen and oxygen atoms in total. The Labute approximate surface area is 293 Å². The first-order valence-electron chi connectivity index (χ1n) is 18.6. The first-order valence-corrected chi connectivity index (χ1v) is 18.6. The average Bonchev–Trinajstić information content (AvgIpc) is 3.84. The number of esters is 1. The highest BCUT2D eigenvalue weighted by Crippen LogP contribution is 2.37. The molecule has 0 aromatic rings. The minimum absolute atomic E-state index is 0.00626. The lowest BCUT2D eigenvalue weighted by Crippen LogP contribution is -2.48. The minimum Gasteiger partial charge on any atom is -0.457 e. The largest absolute Gasteiger partial charge is 0.457 e. The molecule has 4 rings (SSSR count). The van der Waals surface area contributed by atoms with Crippen molar-refractivity contribution >= 4 is 12.1 Å². The van der Waals surface area contributed by atoms with Crippen LogP contribution in [-0.2, 0) is 19.0 Å². The lowest BCUT2D eigenvalue weighted by Gasteiger charge is -2.39. The highest BCUT2D eigenvalue weighted by molar-refractivity contribution is 5.70. The number of nitrogens with zero attached hydrogens (tertiary/aromatic N) is 2. The van der Waals surface area contributed by atoms with E-state index in [1.165, 1.54) is 0 Å². The van der Waals surface area contributed by atoms with Gasteiger partial charge in [-0.15, -0.1) is 0 Å². The quantitative estimate of drug-likeness (QED) is 0.121. The predicted octanol–water partition coefficient (Wildman–Crippen LogP) is 5.32. The van der Waals surface area contributed by atoms with Crippen molar-refractivity contribution in [3.05, 3.63) is 48.1 Å². The maximum Gasteiger partial charge on any atom is 0.410 e. The SMILES string of the molecule is CCC(O)C(C)C1OC1CC(C)(O)/C=C/C=C(\C)C1OC(=O)CC(O)CCC(C)C(OC(=O)N2CCC(N3CC=CCC3)CC2)/C=C/C1C. The number of hydrogen-bond donors (Lipinski definition) is 3. The molecule has 3 N–H and O–H groups in total. The van der Waals surface area contributed by atoms with Crippen LogP contribution < -0.4 is 0 Å². The lowest BCUT2D eigenvalue weighted by atomic mass is 9.91. The molecule has 4 aliphatic rings. The second-order valence-electron chi connectivity index (χ2n) is 15.2. The van der Waals surface area contributed by atoms with Crippen LogP contribution in [0.5, 0.6) is 0 Å². The van der Waals surface area contributed by atoms with Crippen molar-refractivity contribution in [3.8, 4) is 0 Å². The van der Waals surface area contributed by atoms with Crippen LogP contribution in [0.25, 0.3) is 0 Å². The average molecular weight is 687 g/mol. The highest BCUT2D eigenvalue weighted by atomic mass is 16.6. The van der Waals surface area contributed by atoms with Crippen LogP contribution in [0.1, 0.15) is 92.9 Å². The van der Waals surface area contributed by atoms with E-state index in [9.17, 15) is 24.9 Å². The monoisotopic (exact) mass is 686 g/mol. The molecule has 49 heavy (non-hydrogen) atoms. The number of allylic oxidation sites excluding steroid dienone is 2. The van der Waals surface area contributed by atoms with Crippen molar-refractivity contribution in [2.45, 2.75) is 141 Å². The van der Waals surface area contributed by atoms with Gasteiger partial charge in [-0.1, -0.05) is 64.2 Å². The number of aliphatic hydroxyl groups is 3. The number of aliphatic hydroxyl groups excluding tert-OH is 2. The highest BCUT2D eigenvalue weighted by Gasteiger charge is 2.47. The molecule has 2 fully saturated rings. The Hall–Kier alpha value is -2.50. The zero-order valence-corrected chi connectivity index (χ0v) is 30.6. The summed E-state index contributed by atoms with van der Waals surface area (Å²) in [6, 6.07) is 0.488. The van der Waals surface area contributed by atoms with Gasteiger partial charge >= 0.3 is 12.1 Å². The Morgan fingerprint density at radius 3 is 2.55 bits per heavy atom. The molecule has 0 aliphatic carbocycles. The van der Waals surface area contributed by atoms with Crippen molar-refractivity contribution < 1.29 is 39.1 Å². The molecular formula is C39H62N2O8. The molecule has 0 radical (unpaired) electrons. The number of ether oxygens (including phenoxy) is 3. The van der Waals surface area contributed by atoms with Crippen molar-refractivity contribution in [3.63, 3.8) is 0 Å². The van der Waals surface area contributed by atoms with Gasteiger partial charge in [0.2, 0.25) is 0 Å². The van der Waals surface area contributed by atoms with Crippen LogP contribution >= 0.6 is 0 Å². The molecule has 2 saturated heterocycles. The van der Waals surface area contributed by atoms with Crippen molar-refractivity contribution in [1.29, 1.82) is 0 Å². The predicted molar refractivity (Wildman–Crippen MR) is 190 cm³/mol. The first kappa shape index (κ1) is 39.3. The summed E-state index contributed by atoms with van der Waals surface area (Å²) in [5.41, 5.74) is -0.350. The Morgan fingerprint density at radius 2 is 1.88 bits per heavy atom. The lowest BCUT2D eigenvalue weighted by molar-refractivity contribution is -0.151. The Balaban J connectivity index is 1.39. The Morgan fingerprint density at radius 1 is 1.14 bits per heavy atom. The van der Waals surface area contributed by atoms with Crippen LogP contribution in [0.2, 0.25) is 0 Å². The zero-order chi connectivity index (χ0) is 35.7. The molecular weight excluding hydrogens is 624 g/mol. The fourth-order valence-electron chi connectivity index (χ4n) is 7.40. The number of rotatable bonds is 10. The third kappa shape index (κ3) is 11.8. The van der Waals surface area contributed by atoms with E-state index < -0.39 is 36.0 Å². The number of amides is 1. The number of piperidine rings is 1. The normalized spacial score (nSPS) is 34.3. The summed E-state index contributed by atoms with van der Waals surface area (Å²) in [4.78, 5) is 30.6. The van der Waals surface area contributed by atoms with Gasteiger partial charge in [-0.2, -0.15) is 0 Å². The van der Waals surface area contributed by atoms with Gasteiger partial charge in [0, 0.05) is 50.5 Å². The summed E-state index contributed by atoms with van der Waals surface area (Å²) in [6.07, 6.45) is 15.6. The number of hydrogen-bond acceptors (Lipinski definition) is 9. The maximum absolute atomic E-state index is 13.4. The zero-order valence-electron chi connectivity index (χ0n) is 30.6. The summed E-state index contributed by atoms with van der Waals surface area (Å²) >= 11 is 0. The molecule has 10 unspecified atom stereocenters. The van der Waals surface area contributed by atoms with Crippen LogP contribution in [0.15, 0.2) is 48.1 Å². The summed E-state index contributed by atoms with van der Waals surface area (Å²) in [5.74, 6) is -0.770. The fourth-order valence-corrected chi connectivity index (χ4v) is 7.40. The second kappa shape index (κ2) is 18.1. The maximum atomic E-state index is 13.4. The standard InChI is InChI=1S/C39H62N2O8/c1-7-32(43)29(5)37-34(47-37)25-39(6,46)19-11-12-27(3)36-28(4)14-16-33(26(2)13-15-31(42)24-35(44)49-36)48-38(45)41-22-17-30(18-23-41)40-20-9-8-10-21-40/h8-9,11-12,14,16,19,26,28-34,36-37,42-43,46H,7,10,13,15,17-18,20-25H2,1-6H3/b16-14+,19-11+,27-12+. The van der Waals surface area contributed by atoms with Crippen LogP contribution in [0, 0.1) is 17.8 Å². The number of cyclic esters (lactones) is 1. The van der Waals surface area contributed by atoms with E-state index in [2.05, 4.69) is 17.1 Å². The summed E-state index contributed by atoms with van der Waals surface area (Å²) < 4.78 is 17.8. The number of carbonyl (C=O) groups is 2. The molecule has 4 aliphatic heterocycles. The molecule has 0 saturated carbocycles. The van der Waals surface area contributed by atoms with Crippen molar-refractivity contribution in [1.82, 2.24) is 9.80 Å². The number of epoxide rings is 1. The molecule has 10 atom stereocenters. The fraction of sp³-hybridized carbons (Fsp3) is 0.744. The van der Waals surface area contributed by atoms with E-state index in [1.807, 2.05) is 57.7 Å².